The lowest BCUT2D eigenvalue weighted by Crippen LogP contribution is -2.31. The van der Waals surface area contributed by atoms with Crippen LogP contribution in [0.3, 0.4) is 0 Å². The molecule has 1 aliphatic carbocycles. The zero-order valence-corrected chi connectivity index (χ0v) is 11.3. The number of hydrogen-bond acceptors (Lipinski definition) is 4. The topological polar surface area (TPSA) is 71.1 Å². The van der Waals surface area contributed by atoms with Crippen molar-refractivity contribution in [1.29, 1.82) is 0 Å². The summed E-state index contributed by atoms with van der Waals surface area (Å²) in [7, 11) is -3.06. The minimum Gasteiger partial charge on any atom is -0.369 e. The second-order valence-corrected chi connectivity index (χ2v) is 6.52. The van der Waals surface area contributed by atoms with Gasteiger partial charge in [0.05, 0.1) is 5.25 Å². The van der Waals surface area contributed by atoms with E-state index in [0.29, 0.717) is 13.1 Å². The van der Waals surface area contributed by atoms with Crippen LogP contribution in [0.1, 0.15) is 25.3 Å². The van der Waals surface area contributed by atoms with Gasteiger partial charge in [-0.3, -0.25) is 0 Å². The molecular weight excluding hydrogens is 250 g/mol. The fourth-order valence-corrected chi connectivity index (χ4v) is 3.00. The monoisotopic (exact) mass is 269 g/mol. The maximum Gasteiger partial charge on any atom is 0.214 e. The highest BCUT2D eigenvalue weighted by atomic mass is 32.2. The zero-order valence-electron chi connectivity index (χ0n) is 10.5. The highest BCUT2D eigenvalue weighted by Crippen LogP contribution is 2.27. The molecule has 0 unspecified atom stereocenters. The summed E-state index contributed by atoms with van der Waals surface area (Å²) in [5.74, 6) is 0.776. The lowest BCUT2D eigenvalue weighted by molar-refractivity contribution is 0.581. The Morgan fingerprint density at radius 3 is 2.67 bits per heavy atom. The van der Waals surface area contributed by atoms with Crippen molar-refractivity contribution in [3.8, 4) is 0 Å². The fraction of sp³-hybridized carbons (Fsp3) is 0.583. The molecule has 1 aromatic rings. The van der Waals surface area contributed by atoms with Gasteiger partial charge in [-0.05, 0) is 30.9 Å². The summed E-state index contributed by atoms with van der Waals surface area (Å²) in [5, 5.41) is 2.94. The number of sulfonamides is 1. The number of hydrogen-bond donors (Lipinski definition) is 2. The number of aryl methyl sites for hydroxylation is 1. The van der Waals surface area contributed by atoms with Crippen LogP contribution in [-0.4, -0.2) is 31.7 Å². The molecule has 1 heterocycles. The second kappa shape index (κ2) is 5.67. The molecule has 2 N–H and O–H groups in total. The first kappa shape index (κ1) is 13.3. The van der Waals surface area contributed by atoms with Crippen LogP contribution in [0.15, 0.2) is 18.3 Å². The van der Waals surface area contributed by atoms with Crippen molar-refractivity contribution in [3.63, 3.8) is 0 Å². The van der Waals surface area contributed by atoms with Crippen molar-refractivity contribution >= 4 is 15.8 Å². The van der Waals surface area contributed by atoms with E-state index in [1.54, 1.807) is 0 Å². The van der Waals surface area contributed by atoms with Crippen LogP contribution < -0.4 is 10.0 Å². The quantitative estimate of drug-likeness (QED) is 0.728. The van der Waals surface area contributed by atoms with E-state index in [1.807, 2.05) is 18.3 Å². The predicted octanol–water partition coefficient (Wildman–Crippen LogP) is 1.14. The maximum atomic E-state index is 11.5. The summed E-state index contributed by atoms with van der Waals surface area (Å²) in [6.45, 7) is 3.03. The van der Waals surface area contributed by atoms with Gasteiger partial charge in [-0.1, -0.05) is 13.0 Å². The molecule has 5 nitrogen and oxygen atoms in total. The predicted molar refractivity (Wildman–Crippen MR) is 72.0 cm³/mol. The lowest BCUT2D eigenvalue weighted by atomic mass is 10.2. The molecule has 100 valence electrons. The molecule has 0 aliphatic heterocycles. The number of aromatic nitrogens is 1. The van der Waals surface area contributed by atoms with Crippen molar-refractivity contribution in [2.45, 2.75) is 31.4 Å². The van der Waals surface area contributed by atoms with Gasteiger partial charge in [0.15, 0.2) is 0 Å². The van der Waals surface area contributed by atoms with Gasteiger partial charge >= 0.3 is 0 Å². The van der Waals surface area contributed by atoms with Gasteiger partial charge in [0.1, 0.15) is 5.82 Å². The summed E-state index contributed by atoms with van der Waals surface area (Å²) in [6.07, 6.45) is 4.39. The summed E-state index contributed by atoms with van der Waals surface area (Å²) in [4.78, 5) is 4.24. The molecule has 0 spiro atoms. The van der Waals surface area contributed by atoms with Gasteiger partial charge in [0.25, 0.3) is 0 Å². The molecular formula is C12H19N3O2S. The van der Waals surface area contributed by atoms with Crippen molar-refractivity contribution in [3.05, 3.63) is 23.9 Å². The van der Waals surface area contributed by atoms with Gasteiger partial charge < -0.3 is 5.32 Å². The Hall–Kier alpha value is -1.14. The molecule has 0 amide bonds. The largest absolute Gasteiger partial charge is 0.369 e. The molecule has 1 saturated carbocycles. The van der Waals surface area contributed by atoms with Crippen LogP contribution in [0.5, 0.6) is 0 Å². The normalized spacial score (nSPS) is 15.6. The molecule has 1 aliphatic rings. The van der Waals surface area contributed by atoms with Crippen LogP contribution in [0.4, 0.5) is 5.82 Å². The van der Waals surface area contributed by atoms with Crippen molar-refractivity contribution in [2.24, 2.45) is 0 Å². The summed E-state index contributed by atoms with van der Waals surface area (Å²) < 4.78 is 25.7. The van der Waals surface area contributed by atoms with Crippen LogP contribution >= 0.6 is 0 Å². The van der Waals surface area contributed by atoms with Gasteiger partial charge in [-0.15, -0.1) is 0 Å². The molecule has 1 aromatic heterocycles. The van der Waals surface area contributed by atoms with Crippen molar-refractivity contribution in [2.75, 3.05) is 18.4 Å². The highest BCUT2D eigenvalue weighted by molar-refractivity contribution is 7.90. The summed E-state index contributed by atoms with van der Waals surface area (Å²) >= 11 is 0. The standard InChI is InChI=1S/C12H19N3O2S/c1-2-10-3-6-12(14-9-10)13-7-8-15-18(16,17)11-4-5-11/h3,6,9,11,15H,2,4-5,7-8H2,1H3,(H,13,14). The van der Waals surface area contributed by atoms with E-state index in [0.717, 1.165) is 25.1 Å². The molecule has 0 radical (unpaired) electrons. The van der Waals surface area contributed by atoms with Crippen LogP contribution in [0.2, 0.25) is 0 Å². The Bertz CT molecular complexity index is 481. The minimum atomic E-state index is -3.06. The zero-order chi connectivity index (χ0) is 13.0. The molecule has 1 fully saturated rings. The fourth-order valence-electron chi connectivity index (χ4n) is 1.62. The maximum absolute atomic E-state index is 11.5. The van der Waals surface area contributed by atoms with E-state index in [2.05, 4.69) is 21.9 Å². The molecule has 0 aromatic carbocycles. The minimum absolute atomic E-state index is 0.153. The first-order chi connectivity index (χ1) is 8.62. The Morgan fingerprint density at radius 2 is 2.11 bits per heavy atom. The molecule has 6 heteroatoms. The van der Waals surface area contributed by atoms with E-state index < -0.39 is 10.0 Å². The van der Waals surface area contributed by atoms with E-state index in [4.69, 9.17) is 0 Å². The first-order valence-electron chi connectivity index (χ1n) is 6.29. The van der Waals surface area contributed by atoms with E-state index >= 15 is 0 Å². The Balaban J connectivity index is 1.71. The van der Waals surface area contributed by atoms with Gasteiger partial charge in [0, 0.05) is 19.3 Å². The van der Waals surface area contributed by atoms with Crippen molar-refractivity contribution in [1.82, 2.24) is 9.71 Å². The SMILES string of the molecule is CCc1ccc(NCCNS(=O)(=O)C2CC2)nc1. The van der Waals surface area contributed by atoms with Crippen molar-refractivity contribution < 1.29 is 8.42 Å². The van der Waals surface area contributed by atoms with E-state index in [9.17, 15) is 8.42 Å². The van der Waals surface area contributed by atoms with Gasteiger partial charge in [0.2, 0.25) is 10.0 Å². The number of nitrogens with one attached hydrogen (secondary N) is 2. The molecule has 0 bridgehead atoms. The van der Waals surface area contributed by atoms with Crippen LogP contribution in [-0.2, 0) is 16.4 Å². The van der Waals surface area contributed by atoms with E-state index in [-0.39, 0.29) is 5.25 Å². The second-order valence-electron chi connectivity index (χ2n) is 4.47. The smallest absolute Gasteiger partial charge is 0.214 e. The summed E-state index contributed by atoms with van der Waals surface area (Å²) in [6, 6.07) is 3.93. The highest BCUT2D eigenvalue weighted by Gasteiger charge is 2.35. The number of anilines is 1. The summed E-state index contributed by atoms with van der Waals surface area (Å²) in [5.41, 5.74) is 1.19. The number of pyridine rings is 1. The van der Waals surface area contributed by atoms with Crippen LogP contribution in [0.25, 0.3) is 0 Å². The third kappa shape index (κ3) is 3.68. The molecule has 0 saturated heterocycles. The van der Waals surface area contributed by atoms with Crippen LogP contribution in [0, 0.1) is 0 Å². The lowest BCUT2D eigenvalue weighted by Gasteiger charge is -2.07. The number of nitrogens with zero attached hydrogens (tertiary/aromatic N) is 1. The van der Waals surface area contributed by atoms with Gasteiger partial charge in [-0.25, -0.2) is 18.1 Å². The molecule has 2 rings (SSSR count). The molecule has 18 heavy (non-hydrogen) atoms. The number of rotatable bonds is 7. The Morgan fingerprint density at radius 1 is 1.33 bits per heavy atom. The third-order valence-electron chi connectivity index (χ3n) is 2.93. The van der Waals surface area contributed by atoms with Gasteiger partial charge in [-0.2, -0.15) is 0 Å². The molecule has 0 atom stereocenters. The van der Waals surface area contributed by atoms with E-state index in [1.165, 1.54) is 5.56 Å². The third-order valence-corrected chi connectivity index (χ3v) is 4.89. The Labute approximate surface area is 108 Å². The average molecular weight is 269 g/mol. The average Bonchev–Trinajstić information content (AvgIpc) is 3.20. The Kier molecular flexibility index (Phi) is 4.19. The first-order valence-corrected chi connectivity index (χ1v) is 7.83.